The number of aromatic nitrogens is 4. The first-order valence-corrected chi connectivity index (χ1v) is 13.4. The summed E-state index contributed by atoms with van der Waals surface area (Å²) < 4.78 is 32.0. The maximum absolute atomic E-state index is 15.6. The maximum atomic E-state index is 15.6. The number of anilines is 2. The number of nitrogens with one attached hydrogen (secondary N) is 2. The number of rotatable bonds is 4. The van der Waals surface area contributed by atoms with Crippen LogP contribution < -0.4 is 21.4 Å². The number of pyridine rings is 3. The number of fused-ring (bicyclic) bond motifs is 5. The van der Waals surface area contributed by atoms with Crippen LogP contribution in [0.2, 0.25) is 0 Å². The summed E-state index contributed by atoms with van der Waals surface area (Å²) in [7, 11) is 3.25. The molecule has 210 valence electrons. The quantitative estimate of drug-likeness (QED) is 0.259. The number of aromatic carboxylic acids is 1. The van der Waals surface area contributed by atoms with Crippen LogP contribution in [-0.4, -0.2) is 56.3 Å². The molecule has 0 amide bonds. The molecular weight excluding hydrogens is 532 g/mol. The molecule has 12 heteroatoms. The fraction of sp³-hybridized carbons (Fsp3) is 0.310. The second-order valence-electron chi connectivity index (χ2n) is 11.2. The van der Waals surface area contributed by atoms with Gasteiger partial charge in [-0.25, -0.2) is 23.5 Å². The van der Waals surface area contributed by atoms with E-state index in [9.17, 15) is 19.1 Å². The van der Waals surface area contributed by atoms with Gasteiger partial charge in [0, 0.05) is 68.5 Å². The number of hydrogen-bond donors (Lipinski definition) is 4. The van der Waals surface area contributed by atoms with Gasteiger partial charge in [0.1, 0.15) is 16.9 Å². The number of carboxylic acid groups (broad SMARTS) is 1. The van der Waals surface area contributed by atoms with Crippen molar-refractivity contribution in [3.63, 3.8) is 0 Å². The number of nitrogens with zero attached hydrogens (tertiary/aromatic N) is 4. The van der Waals surface area contributed by atoms with E-state index in [0.717, 1.165) is 25.3 Å². The Balaban J connectivity index is 1.56. The molecule has 41 heavy (non-hydrogen) atoms. The molecule has 7 rings (SSSR count). The predicted octanol–water partition coefficient (Wildman–Crippen LogP) is 3.97. The van der Waals surface area contributed by atoms with Gasteiger partial charge in [0.15, 0.2) is 11.6 Å². The summed E-state index contributed by atoms with van der Waals surface area (Å²) in [6, 6.07) is 2.69. The minimum Gasteiger partial charge on any atom is -0.477 e. The highest BCUT2D eigenvalue weighted by atomic mass is 19.2. The maximum Gasteiger partial charge on any atom is 0.341 e. The zero-order valence-corrected chi connectivity index (χ0v) is 22.4. The van der Waals surface area contributed by atoms with Gasteiger partial charge >= 0.3 is 5.97 Å². The van der Waals surface area contributed by atoms with Gasteiger partial charge in [-0.3, -0.25) is 4.79 Å². The lowest BCUT2D eigenvalue weighted by Crippen LogP contribution is -2.44. The van der Waals surface area contributed by atoms with E-state index in [1.54, 1.807) is 32.6 Å². The number of aryl methyl sites for hydroxylation is 1. The number of halogens is 2. The van der Waals surface area contributed by atoms with Crippen molar-refractivity contribution < 1.29 is 18.7 Å². The van der Waals surface area contributed by atoms with Crippen molar-refractivity contribution in [1.82, 2.24) is 19.5 Å². The fourth-order valence-corrected chi connectivity index (χ4v) is 6.85. The van der Waals surface area contributed by atoms with Crippen LogP contribution >= 0.6 is 0 Å². The Morgan fingerprint density at radius 2 is 2.05 bits per heavy atom. The number of aromatic amines is 1. The van der Waals surface area contributed by atoms with Crippen molar-refractivity contribution >= 4 is 50.3 Å². The van der Waals surface area contributed by atoms with E-state index in [2.05, 4.69) is 25.2 Å². The van der Waals surface area contributed by atoms with Crippen LogP contribution in [0.15, 0.2) is 35.5 Å². The Morgan fingerprint density at radius 3 is 2.78 bits per heavy atom. The predicted molar refractivity (Wildman–Crippen MR) is 152 cm³/mol. The van der Waals surface area contributed by atoms with Crippen molar-refractivity contribution in [3.8, 4) is 11.1 Å². The molecule has 1 saturated carbocycles. The minimum atomic E-state index is -1.34. The second-order valence-corrected chi connectivity index (χ2v) is 11.2. The van der Waals surface area contributed by atoms with Gasteiger partial charge in [-0.15, -0.1) is 0 Å². The molecule has 2 atom stereocenters. The summed E-state index contributed by atoms with van der Waals surface area (Å²) in [5, 5.41) is 13.1. The monoisotopic (exact) mass is 559 g/mol. The van der Waals surface area contributed by atoms with E-state index in [0.29, 0.717) is 57.8 Å². The molecule has 4 aromatic heterocycles. The van der Waals surface area contributed by atoms with E-state index in [1.165, 1.54) is 10.8 Å². The first-order chi connectivity index (χ1) is 19.6. The molecule has 0 bridgehead atoms. The van der Waals surface area contributed by atoms with Crippen LogP contribution in [0, 0.1) is 17.6 Å². The van der Waals surface area contributed by atoms with Crippen LogP contribution in [0.25, 0.3) is 44.1 Å². The molecule has 5 aromatic rings. The molecule has 0 spiro atoms. The molecule has 1 aliphatic heterocycles. The third-order valence-electron chi connectivity index (χ3n) is 8.84. The smallest absolute Gasteiger partial charge is 0.341 e. The molecule has 1 aromatic carbocycles. The van der Waals surface area contributed by atoms with Crippen LogP contribution in [-0.2, 0) is 7.05 Å². The number of nitrogens with two attached hydrogens (primary N) is 1. The number of H-pyrrole nitrogens is 1. The van der Waals surface area contributed by atoms with Gasteiger partial charge in [-0.2, -0.15) is 0 Å². The summed E-state index contributed by atoms with van der Waals surface area (Å²) in [5.41, 5.74) is 8.51. The molecular formula is C29H27F2N7O3. The van der Waals surface area contributed by atoms with Crippen LogP contribution in [0.5, 0.6) is 0 Å². The summed E-state index contributed by atoms with van der Waals surface area (Å²) >= 11 is 0. The zero-order chi connectivity index (χ0) is 28.8. The van der Waals surface area contributed by atoms with Crippen molar-refractivity contribution in [2.24, 2.45) is 18.7 Å². The van der Waals surface area contributed by atoms with Gasteiger partial charge in [0.2, 0.25) is 5.43 Å². The molecule has 1 saturated heterocycles. The first-order valence-electron chi connectivity index (χ1n) is 13.4. The highest BCUT2D eigenvalue weighted by Crippen LogP contribution is 2.48. The molecule has 2 fully saturated rings. The van der Waals surface area contributed by atoms with Gasteiger partial charge in [0.05, 0.1) is 33.1 Å². The topological polar surface area (TPSA) is 142 Å². The van der Waals surface area contributed by atoms with Crippen LogP contribution in [0.4, 0.5) is 20.2 Å². The first kappa shape index (κ1) is 25.4. The fourth-order valence-electron chi connectivity index (χ4n) is 6.85. The average Bonchev–Trinajstić information content (AvgIpc) is 3.61. The van der Waals surface area contributed by atoms with Gasteiger partial charge in [-0.05, 0) is 24.8 Å². The highest BCUT2D eigenvalue weighted by Gasteiger charge is 2.47. The van der Waals surface area contributed by atoms with E-state index >= 15 is 4.39 Å². The lowest BCUT2D eigenvalue weighted by Gasteiger charge is -2.26. The minimum absolute atomic E-state index is 0.0645. The van der Waals surface area contributed by atoms with Crippen molar-refractivity contribution in [3.05, 3.63) is 58.1 Å². The Labute approximate surface area is 231 Å². The summed E-state index contributed by atoms with van der Waals surface area (Å²) in [4.78, 5) is 39.2. The standard InChI is InChI=1S/C29H27F2N7O3/c1-33-19-7-18(30)22(31)20-21-24(38-10-14-4-3-5-29(14,32)12-38)16(9-34-26(21)36-23(19)20)13-6-15-25(39)17(28(40)41)11-37(2)27(15)35-8-13/h6-9,11,14,33H,3-5,10,12,32H2,1-2H3,(H,34,36)(H,40,41)/t14?,29-/m1/s1. The third-order valence-corrected chi connectivity index (χ3v) is 8.84. The van der Waals surface area contributed by atoms with Crippen molar-refractivity contribution in [2.75, 3.05) is 30.4 Å². The Hall–Kier alpha value is -4.58. The van der Waals surface area contributed by atoms with E-state index < -0.39 is 28.6 Å². The SMILES string of the molecule is CNc1cc(F)c(F)c2c1[nH]c1ncc(-c3cnc4c(c3)c(=O)c(C(=O)O)cn4C)c(N3CC4CCC[C@@]4(N)C3)c12. The molecule has 10 nitrogen and oxygen atoms in total. The van der Waals surface area contributed by atoms with E-state index in [4.69, 9.17) is 5.73 Å². The lowest BCUT2D eigenvalue weighted by atomic mass is 9.92. The summed E-state index contributed by atoms with van der Waals surface area (Å²) in [5.74, 6) is -3.10. The number of benzene rings is 1. The largest absolute Gasteiger partial charge is 0.477 e. The lowest BCUT2D eigenvalue weighted by molar-refractivity contribution is 0.0695. The number of carbonyl (C=O) groups is 1. The number of hydrogen-bond acceptors (Lipinski definition) is 7. The Kier molecular flexibility index (Phi) is 5.39. The zero-order valence-electron chi connectivity index (χ0n) is 22.4. The summed E-state index contributed by atoms with van der Waals surface area (Å²) in [6.07, 6.45) is 7.31. The average molecular weight is 560 g/mol. The van der Waals surface area contributed by atoms with Crippen LogP contribution in [0.1, 0.15) is 29.6 Å². The third kappa shape index (κ3) is 3.56. The Morgan fingerprint density at radius 1 is 1.24 bits per heavy atom. The molecule has 5 N–H and O–H groups in total. The molecule has 1 unspecified atom stereocenters. The molecule has 0 radical (unpaired) electrons. The van der Waals surface area contributed by atoms with Crippen molar-refractivity contribution in [1.29, 1.82) is 0 Å². The van der Waals surface area contributed by atoms with Crippen LogP contribution in [0.3, 0.4) is 0 Å². The van der Waals surface area contributed by atoms with Gasteiger partial charge < -0.3 is 30.6 Å². The number of carboxylic acids is 1. The van der Waals surface area contributed by atoms with Gasteiger partial charge in [-0.1, -0.05) is 6.42 Å². The van der Waals surface area contributed by atoms with E-state index in [1.807, 2.05) is 0 Å². The molecule has 2 aliphatic rings. The molecule has 5 heterocycles. The van der Waals surface area contributed by atoms with Gasteiger partial charge in [0.25, 0.3) is 0 Å². The Bertz CT molecular complexity index is 2000. The second kappa shape index (κ2) is 8.71. The molecule has 1 aliphatic carbocycles. The highest BCUT2D eigenvalue weighted by molar-refractivity contribution is 6.18. The van der Waals surface area contributed by atoms with Crippen molar-refractivity contribution in [2.45, 2.75) is 24.8 Å². The normalized spacial score (nSPS) is 20.4. The van der Waals surface area contributed by atoms with E-state index in [-0.39, 0.29) is 22.3 Å². The summed E-state index contributed by atoms with van der Waals surface area (Å²) in [6.45, 7) is 1.13.